The quantitative estimate of drug-likeness (QED) is 0.740. The first-order valence-electron chi connectivity index (χ1n) is 6.92. The number of carbonyl (C=O) groups excluding carboxylic acids is 1. The normalized spacial score (nSPS) is 14.1. The number of anilines is 2. The Bertz CT molecular complexity index is 645. The van der Waals surface area contributed by atoms with Crippen LogP contribution in [0.15, 0.2) is 12.3 Å². The van der Waals surface area contributed by atoms with Crippen molar-refractivity contribution in [2.75, 3.05) is 17.6 Å². The van der Waals surface area contributed by atoms with Gasteiger partial charge in [-0.1, -0.05) is 0 Å². The monoisotopic (exact) mass is 306 g/mol. The Hall–Kier alpha value is -2.09. The number of nitrogens with one attached hydrogen (secondary N) is 2. The number of hydrogen-bond acceptors (Lipinski definition) is 6. The van der Waals surface area contributed by atoms with Crippen LogP contribution >= 0.6 is 11.5 Å². The van der Waals surface area contributed by atoms with Crippen molar-refractivity contribution in [2.45, 2.75) is 25.3 Å². The second-order valence-corrected chi connectivity index (χ2v) is 5.92. The van der Waals surface area contributed by atoms with E-state index in [9.17, 15) is 4.79 Å². The number of nitrogens with two attached hydrogens (primary N) is 1. The highest BCUT2D eigenvalue weighted by Gasteiger charge is 2.27. The minimum absolute atomic E-state index is 0.133. The molecule has 0 bridgehead atoms. The molecule has 3 rings (SSSR count). The zero-order chi connectivity index (χ0) is 14.8. The molecule has 1 aliphatic rings. The number of aromatic nitrogens is 3. The number of aryl methyl sites for hydroxylation is 1. The third-order valence-electron chi connectivity index (χ3n) is 3.45. The summed E-state index contributed by atoms with van der Waals surface area (Å²) in [5, 5.41) is 11.0. The van der Waals surface area contributed by atoms with Crippen LogP contribution in [0.5, 0.6) is 0 Å². The molecule has 0 unspecified atom stereocenters. The molecule has 2 heterocycles. The van der Waals surface area contributed by atoms with Gasteiger partial charge in [0.15, 0.2) is 5.82 Å². The molecule has 1 amide bonds. The second-order valence-electron chi connectivity index (χ2n) is 5.14. The molecule has 1 fully saturated rings. The third-order valence-corrected chi connectivity index (χ3v) is 4.27. The van der Waals surface area contributed by atoms with E-state index in [0.717, 1.165) is 30.0 Å². The van der Waals surface area contributed by atoms with Crippen LogP contribution < -0.4 is 16.4 Å². The first-order chi connectivity index (χ1) is 10.1. The van der Waals surface area contributed by atoms with Gasteiger partial charge in [0.25, 0.3) is 5.91 Å². The molecule has 1 saturated carbocycles. The average molecular weight is 306 g/mol. The van der Waals surface area contributed by atoms with Crippen molar-refractivity contribution in [3.63, 3.8) is 0 Å². The molecule has 2 aromatic rings. The van der Waals surface area contributed by atoms with Crippen LogP contribution in [-0.4, -0.2) is 32.6 Å². The maximum Gasteiger partial charge on any atom is 0.258 e. The fraction of sp³-hybridized carbons (Fsp3) is 0.462. The molecular weight excluding hydrogens is 288 g/mol. The third kappa shape index (κ3) is 3.15. The van der Waals surface area contributed by atoms with Crippen LogP contribution in [0.3, 0.4) is 0 Å². The maximum absolute atomic E-state index is 12.2. The Morgan fingerprint density at radius 1 is 1.57 bits per heavy atom. The van der Waals surface area contributed by atoms with Crippen LogP contribution in [0.25, 0.3) is 0 Å². The Morgan fingerprint density at radius 3 is 3.05 bits per heavy atom. The Balaban J connectivity index is 1.62. The fourth-order valence-electron chi connectivity index (χ4n) is 2.08. The summed E-state index contributed by atoms with van der Waals surface area (Å²) in [5.41, 5.74) is 7.41. The van der Waals surface area contributed by atoms with E-state index in [0.29, 0.717) is 24.0 Å². The molecule has 21 heavy (non-hydrogen) atoms. The van der Waals surface area contributed by atoms with Crippen LogP contribution in [0.1, 0.15) is 28.9 Å². The van der Waals surface area contributed by atoms with Crippen molar-refractivity contribution in [3.05, 3.63) is 23.5 Å². The van der Waals surface area contributed by atoms with Crippen molar-refractivity contribution in [1.82, 2.24) is 19.5 Å². The molecule has 0 radical (unpaired) electrons. The first kappa shape index (κ1) is 13.9. The van der Waals surface area contributed by atoms with Gasteiger partial charge in [-0.05, 0) is 30.4 Å². The molecule has 0 aromatic carbocycles. The Morgan fingerprint density at radius 2 is 2.38 bits per heavy atom. The summed E-state index contributed by atoms with van der Waals surface area (Å²) in [6, 6.07) is 2.28. The maximum atomic E-state index is 12.2. The van der Waals surface area contributed by atoms with Crippen molar-refractivity contribution in [3.8, 4) is 0 Å². The lowest BCUT2D eigenvalue weighted by atomic mass is 10.2. The number of nitrogens with zero attached hydrogens (tertiary/aromatic N) is 3. The number of carbonyl (C=O) groups is 1. The van der Waals surface area contributed by atoms with Gasteiger partial charge in [0.05, 0.1) is 0 Å². The molecule has 112 valence electrons. The zero-order valence-corrected chi connectivity index (χ0v) is 12.6. The van der Waals surface area contributed by atoms with Gasteiger partial charge in [-0.25, -0.2) is 0 Å². The molecule has 0 aliphatic heterocycles. The van der Waals surface area contributed by atoms with Crippen molar-refractivity contribution in [2.24, 2.45) is 7.05 Å². The minimum Gasteiger partial charge on any atom is -0.382 e. The van der Waals surface area contributed by atoms with E-state index in [1.54, 1.807) is 6.20 Å². The topological polar surface area (TPSA) is 97.9 Å². The smallest absolute Gasteiger partial charge is 0.258 e. The first-order valence-corrected chi connectivity index (χ1v) is 7.69. The number of nitrogen functional groups attached to an aromatic ring is 1. The molecule has 2 aromatic heterocycles. The Labute approximate surface area is 126 Å². The summed E-state index contributed by atoms with van der Waals surface area (Å²) in [5.74, 6) is 0.160. The van der Waals surface area contributed by atoms with Gasteiger partial charge in [-0.3, -0.25) is 9.48 Å². The van der Waals surface area contributed by atoms with Crippen molar-refractivity contribution in [1.29, 1.82) is 0 Å². The molecule has 1 aliphatic carbocycles. The number of amides is 1. The summed E-state index contributed by atoms with van der Waals surface area (Å²) < 4.78 is 5.91. The van der Waals surface area contributed by atoms with E-state index in [4.69, 9.17) is 5.73 Å². The molecule has 0 saturated heterocycles. The van der Waals surface area contributed by atoms with E-state index in [-0.39, 0.29) is 5.91 Å². The summed E-state index contributed by atoms with van der Waals surface area (Å²) >= 11 is 1.22. The summed E-state index contributed by atoms with van der Waals surface area (Å²) in [6.07, 6.45) is 4.69. The van der Waals surface area contributed by atoms with Gasteiger partial charge >= 0.3 is 0 Å². The lowest BCUT2D eigenvalue weighted by Gasteiger charge is -2.07. The van der Waals surface area contributed by atoms with Gasteiger partial charge in [-0.2, -0.15) is 9.47 Å². The van der Waals surface area contributed by atoms with Crippen LogP contribution in [0.4, 0.5) is 10.8 Å². The molecule has 0 spiro atoms. The van der Waals surface area contributed by atoms with Crippen LogP contribution in [-0.2, 0) is 13.5 Å². The highest BCUT2D eigenvalue weighted by Crippen LogP contribution is 2.28. The van der Waals surface area contributed by atoms with Crippen LogP contribution in [0, 0.1) is 0 Å². The van der Waals surface area contributed by atoms with Gasteiger partial charge < -0.3 is 16.4 Å². The van der Waals surface area contributed by atoms with Crippen LogP contribution in [0.2, 0.25) is 0 Å². The van der Waals surface area contributed by atoms with Gasteiger partial charge in [0, 0.05) is 37.9 Å². The standard InChI is InChI=1S/C13H18N6OS/c1-19-9(5-7-16-19)4-6-15-13-10(11(14)18-21-13)12(20)17-8-2-3-8/h5,7-8,15H,2-4,6H2,1H3,(H2,14,18)(H,17,20). The second kappa shape index (κ2) is 5.72. The van der Waals surface area contributed by atoms with E-state index in [1.165, 1.54) is 11.5 Å². The molecular formula is C13H18N6OS. The summed E-state index contributed by atoms with van der Waals surface area (Å²) in [7, 11) is 1.91. The van der Waals surface area contributed by atoms with Gasteiger partial charge in [-0.15, -0.1) is 0 Å². The average Bonchev–Trinajstić information content (AvgIpc) is 3.05. The Kier molecular flexibility index (Phi) is 3.78. The zero-order valence-electron chi connectivity index (χ0n) is 11.8. The van der Waals surface area contributed by atoms with Crippen molar-refractivity contribution >= 4 is 28.3 Å². The van der Waals surface area contributed by atoms with Gasteiger partial charge in [0.1, 0.15) is 10.6 Å². The predicted molar refractivity (Wildman–Crippen MR) is 82.4 cm³/mol. The number of rotatable bonds is 6. The van der Waals surface area contributed by atoms with E-state index in [2.05, 4.69) is 20.1 Å². The highest BCUT2D eigenvalue weighted by molar-refractivity contribution is 7.11. The summed E-state index contributed by atoms with van der Waals surface area (Å²) in [6.45, 7) is 0.699. The highest BCUT2D eigenvalue weighted by atomic mass is 32.1. The lowest BCUT2D eigenvalue weighted by molar-refractivity contribution is 0.0953. The largest absolute Gasteiger partial charge is 0.382 e. The predicted octanol–water partition coefficient (Wildman–Crippen LogP) is 1.01. The van der Waals surface area contributed by atoms with E-state index >= 15 is 0 Å². The number of hydrogen-bond donors (Lipinski definition) is 3. The van der Waals surface area contributed by atoms with Crippen molar-refractivity contribution < 1.29 is 4.79 Å². The minimum atomic E-state index is -0.133. The fourth-order valence-corrected chi connectivity index (χ4v) is 2.81. The molecule has 8 heteroatoms. The molecule has 0 atom stereocenters. The van der Waals surface area contributed by atoms with E-state index in [1.807, 2.05) is 17.8 Å². The SMILES string of the molecule is Cn1nccc1CCNc1snc(N)c1C(=O)NC1CC1. The lowest BCUT2D eigenvalue weighted by Crippen LogP contribution is -2.26. The molecule has 4 N–H and O–H groups in total. The van der Waals surface area contributed by atoms with Gasteiger partial charge in [0.2, 0.25) is 0 Å². The van der Waals surface area contributed by atoms with E-state index < -0.39 is 0 Å². The summed E-state index contributed by atoms with van der Waals surface area (Å²) in [4.78, 5) is 12.2. The molecule has 7 nitrogen and oxygen atoms in total.